The number of aliphatic imine (C=N–C) groups is 1. The molecule has 1 amide bonds. The summed E-state index contributed by atoms with van der Waals surface area (Å²) in [5.41, 5.74) is 1.38. The van der Waals surface area contributed by atoms with Crippen LogP contribution in [0.2, 0.25) is 0 Å². The van der Waals surface area contributed by atoms with Gasteiger partial charge in [-0.3, -0.25) is 19.9 Å². The van der Waals surface area contributed by atoms with Crippen LogP contribution in [0, 0.1) is 10.1 Å². The smallest absolute Gasteiger partial charge is 0.270 e. The van der Waals surface area contributed by atoms with Gasteiger partial charge in [0.15, 0.2) is 0 Å². The SMILES string of the molecule is CCC(=O)Nc1ccc(N=Cc2cc([N+](=O)[O-])ccc2O)cc1. The maximum atomic E-state index is 11.3. The summed E-state index contributed by atoms with van der Waals surface area (Å²) in [5, 5.41) is 23.2. The van der Waals surface area contributed by atoms with E-state index in [0.29, 0.717) is 17.8 Å². The molecule has 7 nitrogen and oxygen atoms in total. The number of phenols is 1. The summed E-state index contributed by atoms with van der Waals surface area (Å²) >= 11 is 0. The van der Waals surface area contributed by atoms with Crippen LogP contribution in [0.4, 0.5) is 17.1 Å². The van der Waals surface area contributed by atoms with Gasteiger partial charge in [-0.25, -0.2) is 0 Å². The number of amides is 1. The molecule has 0 fully saturated rings. The van der Waals surface area contributed by atoms with Crippen molar-refractivity contribution in [3.8, 4) is 5.75 Å². The maximum Gasteiger partial charge on any atom is 0.270 e. The highest BCUT2D eigenvalue weighted by atomic mass is 16.6. The van der Waals surface area contributed by atoms with Gasteiger partial charge in [0.25, 0.3) is 5.69 Å². The van der Waals surface area contributed by atoms with Gasteiger partial charge in [-0.15, -0.1) is 0 Å². The van der Waals surface area contributed by atoms with Crippen molar-refractivity contribution in [2.24, 2.45) is 4.99 Å². The van der Waals surface area contributed by atoms with Gasteiger partial charge in [0.1, 0.15) is 5.75 Å². The van der Waals surface area contributed by atoms with Crippen molar-refractivity contribution >= 4 is 29.2 Å². The lowest BCUT2D eigenvalue weighted by atomic mass is 10.2. The average molecular weight is 313 g/mol. The van der Waals surface area contributed by atoms with Crippen molar-refractivity contribution in [2.45, 2.75) is 13.3 Å². The molecule has 0 spiro atoms. The van der Waals surface area contributed by atoms with Gasteiger partial charge >= 0.3 is 0 Å². The van der Waals surface area contributed by atoms with Crippen LogP contribution in [0.25, 0.3) is 0 Å². The van der Waals surface area contributed by atoms with E-state index in [4.69, 9.17) is 0 Å². The predicted octanol–water partition coefficient (Wildman–Crippen LogP) is 3.40. The fraction of sp³-hybridized carbons (Fsp3) is 0.125. The minimum Gasteiger partial charge on any atom is -0.507 e. The summed E-state index contributed by atoms with van der Waals surface area (Å²) in [6, 6.07) is 10.5. The molecule has 0 unspecified atom stereocenters. The molecule has 0 saturated carbocycles. The number of aromatic hydroxyl groups is 1. The Morgan fingerprint density at radius 1 is 1.30 bits per heavy atom. The number of hydrogen-bond donors (Lipinski definition) is 2. The Hall–Kier alpha value is -3.22. The highest BCUT2D eigenvalue weighted by Crippen LogP contribution is 2.23. The number of hydrogen-bond acceptors (Lipinski definition) is 5. The van der Waals surface area contributed by atoms with Gasteiger partial charge < -0.3 is 10.4 Å². The van der Waals surface area contributed by atoms with Crippen LogP contribution in [0.3, 0.4) is 0 Å². The molecule has 0 saturated heterocycles. The largest absolute Gasteiger partial charge is 0.507 e. The molecule has 2 aromatic carbocycles. The van der Waals surface area contributed by atoms with E-state index < -0.39 is 4.92 Å². The Morgan fingerprint density at radius 3 is 2.61 bits per heavy atom. The van der Waals surface area contributed by atoms with Crippen LogP contribution < -0.4 is 5.32 Å². The van der Waals surface area contributed by atoms with E-state index in [0.717, 1.165) is 0 Å². The number of carbonyl (C=O) groups is 1. The second kappa shape index (κ2) is 7.17. The van der Waals surface area contributed by atoms with Crippen LogP contribution in [0.5, 0.6) is 5.75 Å². The summed E-state index contributed by atoms with van der Waals surface area (Å²) in [6.45, 7) is 1.76. The standard InChI is InChI=1S/C16H15N3O4/c1-2-16(21)18-13-5-3-12(4-6-13)17-10-11-9-14(19(22)23)7-8-15(11)20/h3-10,20H,2H2,1H3,(H,18,21). The van der Waals surface area contributed by atoms with Crippen LogP contribution in [0.1, 0.15) is 18.9 Å². The van der Waals surface area contributed by atoms with Gasteiger partial charge in [-0.2, -0.15) is 0 Å². The normalized spacial score (nSPS) is 10.7. The monoisotopic (exact) mass is 313 g/mol. The Labute approximate surface area is 132 Å². The first kappa shape index (κ1) is 16.2. The van der Waals surface area contributed by atoms with E-state index in [1.165, 1.54) is 24.4 Å². The lowest BCUT2D eigenvalue weighted by Crippen LogP contribution is -2.08. The van der Waals surface area contributed by atoms with Crippen molar-refractivity contribution in [1.82, 2.24) is 0 Å². The number of nitrogens with one attached hydrogen (secondary N) is 1. The Bertz CT molecular complexity index is 754. The van der Waals surface area contributed by atoms with Crippen LogP contribution in [-0.4, -0.2) is 22.2 Å². The maximum absolute atomic E-state index is 11.3. The molecule has 118 valence electrons. The molecule has 0 atom stereocenters. The third-order valence-electron chi connectivity index (χ3n) is 3.05. The molecule has 2 rings (SSSR count). The summed E-state index contributed by atoms with van der Waals surface area (Å²) < 4.78 is 0. The molecule has 0 heterocycles. The summed E-state index contributed by atoms with van der Waals surface area (Å²) in [5.74, 6) is -0.172. The minimum absolute atomic E-state index is 0.0808. The van der Waals surface area contributed by atoms with E-state index >= 15 is 0 Å². The van der Waals surface area contributed by atoms with E-state index in [-0.39, 0.29) is 22.9 Å². The number of nitrogens with zero attached hydrogens (tertiary/aromatic N) is 2. The zero-order valence-corrected chi connectivity index (χ0v) is 12.4. The van der Waals surface area contributed by atoms with Crippen LogP contribution in [0.15, 0.2) is 47.5 Å². The van der Waals surface area contributed by atoms with Crippen molar-refractivity contribution in [2.75, 3.05) is 5.32 Å². The average Bonchev–Trinajstić information content (AvgIpc) is 2.55. The molecule has 7 heteroatoms. The quantitative estimate of drug-likeness (QED) is 0.501. The summed E-state index contributed by atoms with van der Waals surface area (Å²) in [7, 11) is 0. The first-order chi connectivity index (χ1) is 11.0. The number of non-ortho nitro benzene ring substituents is 1. The highest BCUT2D eigenvalue weighted by Gasteiger charge is 2.08. The van der Waals surface area contributed by atoms with Gasteiger partial charge in [-0.1, -0.05) is 6.92 Å². The molecular formula is C16H15N3O4. The molecule has 0 aliphatic carbocycles. The summed E-state index contributed by atoms with van der Waals surface area (Å²) in [4.78, 5) is 25.6. The predicted molar refractivity (Wildman–Crippen MR) is 87.4 cm³/mol. The lowest BCUT2D eigenvalue weighted by molar-refractivity contribution is -0.384. The Morgan fingerprint density at radius 2 is 2.00 bits per heavy atom. The molecule has 0 aromatic heterocycles. The second-order valence-corrected chi connectivity index (χ2v) is 4.71. The van der Waals surface area contributed by atoms with Gasteiger partial charge in [0.05, 0.1) is 10.6 Å². The van der Waals surface area contributed by atoms with Crippen molar-refractivity contribution in [3.05, 3.63) is 58.1 Å². The number of anilines is 1. The topological polar surface area (TPSA) is 105 Å². The number of nitro benzene ring substituents is 1. The molecule has 0 bridgehead atoms. The first-order valence-electron chi connectivity index (χ1n) is 6.91. The Kier molecular flexibility index (Phi) is 5.03. The first-order valence-corrected chi connectivity index (χ1v) is 6.91. The summed E-state index contributed by atoms with van der Waals surface area (Å²) in [6.07, 6.45) is 1.74. The molecule has 0 radical (unpaired) electrons. The van der Waals surface area contributed by atoms with Crippen LogP contribution >= 0.6 is 0 Å². The van der Waals surface area contributed by atoms with E-state index in [1.54, 1.807) is 31.2 Å². The number of rotatable bonds is 5. The van der Waals surface area contributed by atoms with Gasteiger partial charge in [-0.05, 0) is 30.3 Å². The number of nitro groups is 1. The third kappa shape index (κ3) is 4.37. The number of benzene rings is 2. The molecule has 2 N–H and O–H groups in total. The zero-order valence-electron chi connectivity index (χ0n) is 12.4. The van der Waals surface area contributed by atoms with Crippen molar-refractivity contribution in [3.63, 3.8) is 0 Å². The van der Waals surface area contributed by atoms with Gasteiger partial charge in [0, 0.05) is 36.0 Å². The van der Waals surface area contributed by atoms with Crippen LogP contribution in [-0.2, 0) is 4.79 Å². The Balaban J connectivity index is 2.15. The van der Waals surface area contributed by atoms with Gasteiger partial charge in [0.2, 0.25) is 5.91 Å². The van der Waals surface area contributed by atoms with E-state index in [1.807, 2.05) is 0 Å². The minimum atomic E-state index is -0.540. The number of carbonyl (C=O) groups excluding carboxylic acids is 1. The zero-order chi connectivity index (χ0) is 16.8. The van der Waals surface area contributed by atoms with Crippen molar-refractivity contribution in [1.29, 1.82) is 0 Å². The molecule has 23 heavy (non-hydrogen) atoms. The second-order valence-electron chi connectivity index (χ2n) is 4.71. The fourth-order valence-corrected chi connectivity index (χ4v) is 1.78. The molecule has 2 aromatic rings. The molecule has 0 aliphatic heterocycles. The van der Waals surface area contributed by atoms with E-state index in [2.05, 4.69) is 10.3 Å². The highest BCUT2D eigenvalue weighted by molar-refractivity contribution is 5.91. The lowest BCUT2D eigenvalue weighted by Gasteiger charge is -2.03. The molecule has 0 aliphatic rings. The molecular weight excluding hydrogens is 298 g/mol. The van der Waals surface area contributed by atoms with E-state index in [9.17, 15) is 20.0 Å². The number of phenolic OH excluding ortho intramolecular Hbond substituents is 1. The fourth-order valence-electron chi connectivity index (χ4n) is 1.78. The van der Waals surface area contributed by atoms with Crippen molar-refractivity contribution < 1.29 is 14.8 Å². The third-order valence-corrected chi connectivity index (χ3v) is 3.05.